The van der Waals surface area contributed by atoms with Gasteiger partial charge in [0.25, 0.3) is 0 Å². The second-order valence-corrected chi connectivity index (χ2v) is 9.75. The number of benzene rings is 1. The van der Waals surface area contributed by atoms with Crippen LogP contribution in [0.3, 0.4) is 0 Å². The van der Waals surface area contributed by atoms with E-state index in [9.17, 15) is 9.59 Å². The van der Waals surface area contributed by atoms with Crippen LogP contribution in [0.1, 0.15) is 62.5 Å². The highest BCUT2D eigenvalue weighted by Gasteiger charge is 2.35. The Hall–Kier alpha value is -1.88. The van der Waals surface area contributed by atoms with Crippen molar-refractivity contribution in [3.05, 3.63) is 35.4 Å². The molecule has 5 heteroatoms. The van der Waals surface area contributed by atoms with E-state index in [0.717, 1.165) is 37.4 Å². The number of piperidine rings is 1. The zero-order valence-electron chi connectivity index (χ0n) is 18.4. The minimum absolute atomic E-state index is 0.0699. The molecule has 1 saturated carbocycles. The van der Waals surface area contributed by atoms with Crippen molar-refractivity contribution in [1.82, 2.24) is 15.1 Å². The summed E-state index contributed by atoms with van der Waals surface area (Å²) in [4.78, 5) is 29.7. The number of amides is 2. The minimum Gasteiger partial charge on any atom is -0.353 e. The van der Waals surface area contributed by atoms with Gasteiger partial charge in [0, 0.05) is 45.2 Å². The standard InChI is InChI=1S/C25H37N3O2/c1-19-7-9-21(10-8-19)17-28-18-22(15-24(28)29)25(30)26-23-11-13-27(14-12-23)16-20-5-3-2-4-6-20/h7-10,20,22-23H,2-6,11-18H2,1H3,(H,26,30). The van der Waals surface area contributed by atoms with E-state index in [4.69, 9.17) is 0 Å². The first kappa shape index (κ1) is 21.4. The number of carbonyl (C=O) groups is 2. The topological polar surface area (TPSA) is 52.7 Å². The first-order chi connectivity index (χ1) is 14.6. The number of nitrogens with one attached hydrogen (secondary N) is 1. The van der Waals surface area contributed by atoms with Crippen LogP contribution in [-0.2, 0) is 16.1 Å². The van der Waals surface area contributed by atoms with Crippen molar-refractivity contribution in [2.45, 2.75) is 70.9 Å². The van der Waals surface area contributed by atoms with Crippen molar-refractivity contribution >= 4 is 11.8 Å². The molecule has 1 aromatic rings. The van der Waals surface area contributed by atoms with Gasteiger partial charge in [-0.15, -0.1) is 0 Å². The van der Waals surface area contributed by atoms with E-state index >= 15 is 0 Å². The average Bonchev–Trinajstić information content (AvgIpc) is 3.12. The van der Waals surface area contributed by atoms with Gasteiger partial charge in [-0.2, -0.15) is 0 Å². The van der Waals surface area contributed by atoms with Crippen molar-refractivity contribution in [1.29, 1.82) is 0 Å². The predicted molar refractivity (Wildman–Crippen MR) is 119 cm³/mol. The Morgan fingerprint density at radius 1 is 1.03 bits per heavy atom. The second-order valence-electron chi connectivity index (χ2n) is 9.75. The highest BCUT2D eigenvalue weighted by Crippen LogP contribution is 2.26. The summed E-state index contributed by atoms with van der Waals surface area (Å²) in [7, 11) is 0. The zero-order valence-corrected chi connectivity index (χ0v) is 18.4. The molecule has 0 aromatic heterocycles. The summed E-state index contributed by atoms with van der Waals surface area (Å²) in [6, 6.07) is 8.54. The lowest BCUT2D eigenvalue weighted by Crippen LogP contribution is -2.47. The van der Waals surface area contributed by atoms with Crippen LogP contribution in [0.4, 0.5) is 0 Å². The van der Waals surface area contributed by atoms with E-state index in [1.54, 1.807) is 0 Å². The van der Waals surface area contributed by atoms with Gasteiger partial charge in [-0.25, -0.2) is 0 Å². The van der Waals surface area contributed by atoms with Gasteiger partial charge < -0.3 is 15.1 Å². The molecule has 0 radical (unpaired) electrons. The number of hydrogen-bond acceptors (Lipinski definition) is 3. The minimum atomic E-state index is -0.205. The highest BCUT2D eigenvalue weighted by atomic mass is 16.2. The Morgan fingerprint density at radius 2 is 1.73 bits per heavy atom. The van der Waals surface area contributed by atoms with Crippen LogP contribution in [0, 0.1) is 18.8 Å². The molecule has 2 amide bonds. The van der Waals surface area contributed by atoms with Crippen molar-refractivity contribution in [3.8, 4) is 0 Å². The largest absolute Gasteiger partial charge is 0.353 e. The third kappa shape index (κ3) is 5.63. The smallest absolute Gasteiger partial charge is 0.225 e. The third-order valence-electron chi connectivity index (χ3n) is 7.25. The maximum absolute atomic E-state index is 12.8. The van der Waals surface area contributed by atoms with E-state index in [-0.39, 0.29) is 23.8 Å². The number of rotatable bonds is 6. The average molecular weight is 412 g/mol. The molecular weight excluding hydrogens is 374 g/mol. The van der Waals surface area contributed by atoms with Crippen molar-refractivity contribution < 1.29 is 9.59 Å². The second kappa shape index (κ2) is 9.95. The number of aryl methyl sites for hydroxylation is 1. The fourth-order valence-electron chi connectivity index (χ4n) is 5.33. The summed E-state index contributed by atoms with van der Waals surface area (Å²) >= 11 is 0. The van der Waals surface area contributed by atoms with Crippen molar-refractivity contribution in [2.75, 3.05) is 26.2 Å². The molecule has 1 aromatic carbocycles. The monoisotopic (exact) mass is 411 g/mol. The summed E-state index contributed by atoms with van der Waals surface area (Å²) in [6.07, 6.45) is 9.42. The molecule has 3 fully saturated rings. The maximum atomic E-state index is 12.8. The Bertz CT molecular complexity index is 718. The van der Waals surface area contributed by atoms with E-state index < -0.39 is 0 Å². The van der Waals surface area contributed by atoms with Gasteiger partial charge in [0.2, 0.25) is 11.8 Å². The summed E-state index contributed by atoms with van der Waals surface area (Å²) in [5, 5.41) is 3.25. The van der Waals surface area contributed by atoms with Crippen LogP contribution in [-0.4, -0.2) is 53.8 Å². The lowest BCUT2D eigenvalue weighted by atomic mass is 9.88. The number of carbonyl (C=O) groups excluding carboxylic acids is 2. The van der Waals surface area contributed by atoms with E-state index in [1.165, 1.54) is 44.2 Å². The molecule has 30 heavy (non-hydrogen) atoms. The van der Waals surface area contributed by atoms with Gasteiger partial charge in [0.05, 0.1) is 5.92 Å². The van der Waals surface area contributed by atoms with Gasteiger partial charge in [0.1, 0.15) is 0 Å². The van der Waals surface area contributed by atoms with Crippen molar-refractivity contribution in [2.24, 2.45) is 11.8 Å². The van der Waals surface area contributed by atoms with Crippen LogP contribution >= 0.6 is 0 Å². The van der Waals surface area contributed by atoms with Gasteiger partial charge in [-0.05, 0) is 44.1 Å². The molecule has 164 valence electrons. The molecule has 4 rings (SSSR count). The molecule has 1 aliphatic carbocycles. The lowest BCUT2D eigenvalue weighted by Gasteiger charge is -2.35. The van der Waals surface area contributed by atoms with Gasteiger partial charge >= 0.3 is 0 Å². The van der Waals surface area contributed by atoms with Crippen LogP contribution in [0.15, 0.2) is 24.3 Å². The van der Waals surface area contributed by atoms with E-state index in [0.29, 0.717) is 19.5 Å². The van der Waals surface area contributed by atoms with Gasteiger partial charge in [0.15, 0.2) is 0 Å². The molecule has 1 unspecified atom stereocenters. The molecule has 2 aliphatic heterocycles. The molecule has 0 bridgehead atoms. The Balaban J connectivity index is 1.20. The van der Waals surface area contributed by atoms with Gasteiger partial charge in [-0.1, -0.05) is 49.1 Å². The Morgan fingerprint density at radius 3 is 2.43 bits per heavy atom. The lowest BCUT2D eigenvalue weighted by molar-refractivity contribution is -0.129. The molecule has 1 atom stereocenters. The van der Waals surface area contributed by atoms with Crippen LogP contribution in [0.2, 0.25) is 0 Å². The summed E-state index contributed by atoms with van der Waals surface area (Å²) in [5.41, 5.74) is 2.34. The molecule has 0 spiro atoms. The van der Waals surface area contributed by atoms with E-state index in [1.807, 2.05) is 4.90 Å². The highest BCUT2D eigenvalue weighted by molar-refractivity contribution is 5.89. The number of hydrogen-bond donors (Lipinski definition) is 1. The van der Waals surface area contributed by atoms with Crippen molar-refractivity contribution in [3.63, 3.8) is 0 Å². The zero-order chi connectivity index (χ0) is 20.9. The summed E-state index contributed by atoms with van der Waals surface area (Å²) in [5.74, 6) is 0.843. The Kier molecular flexibility index (Phi) is 7.08. The number of nitrogens with zero attached hydrogens (tertiary/aromatic N) is 2. The predicted octanol–water partition coefficient (Wildman–Crippen LogP) is 3.50. The SMILES string of the molecule is Cc1ccc(CN2CC(C(=O)NC3CCN(CC4CCCCC4)CC3)CC2=O)cc1. The maximum Gasteiger partial charge on any atom is 0.225 e. The summed E-state index contributed by atoms with van der Waals surface area (Å²) < 4.78 is 0. The van der Waals surface area contributed by atoms with E-state index in [2.05, 4.69) is 41.4 Å². The molecule has 3 aliphatic rings. The van der Waals surface area contributed by atoms with Gasteiger partial charge in [-0.3, -0.25) is 9.59 Å². The third-order valence-corrected chi connectivity index (χ3v) is 7.25. The van der Waals surface area contributed by atoms with Crippen LogP contribution in [0.5, 0.6) is 0 Å². The fraction of sp³-hybridized carbons (Fsp3) is 0.680. The molecule has 2 heterocycles. The van der Waals surface area contributed by atoms with Crippen LogP contribution < -0.4 is 5.32 Å². The molecule has 1 N–H and O–H groups in total. The first-order valence-corrected chi connectivity index (χ1v) is 11.9. The first-order valence-electron chi connectivity index (χ1n) is 11.9. The quantitative estimate of drug-likeness (QED) is 0.779. The molecule has 2 saturated heterocycles. The molecule has 5 nitrogen and oxygen atoms in total. The van der Waals surface area contributed by atoms with Crippen LogP contribution in [0.25, 0.3) is 0 Å². The fourth-order valence-corrected chi connectivity index (χ4v) is 5.33. The normalized spacial score (nSPS) is 24.4. The Labute approximate surface area is 181 Å². The number of likely N-dealkylation sites (tertiary alicyclic amines) is 2. The summed E-state index contributed by atoms with van der Waals surface area (Å²) in [6.45, 7) is 6.62. The molecular formula is C25H37N3O2.